The minimum Gasteiger partial charge on any atom is -0.378 e. The fraction of sp³-hybridized carbons (Fsp3) is 0.364. The molecule has 1 heterocycles. The van der Waals surface area contributed by atoms with E-state index in [4.69, 9.17) is 10.5 Å². The van der Waals surface area contributed by atoms with Gasteiger partial charge in [-0.1, -0.05) is 18.2 Å². The van der Waals surface area contributed by atoms with Gasteiger partial charge in [0.1, 0.15) is 0 Å². The van der Waals surface area contributed by atoms with Gasteiger partial charge in [0.15, 0.2) is 5.96 Å². The summed E-state index contributed by atoms with van der Waals surface area (Å²) in [5.41, 5.74) is 6.79. The monoisotopic (exact) mass is 333 g/mol. The van der Waals surface area contributed by atoms with E-state index in [1.54, 1.807) is 0 Å². The lowest BCUT2D eigenvalue weighted by atomic mass is 10.3. The molecule has 1 saturated heterocycles. The van der Waals surface area contributed by atoms with Crippen LogP contribution in [0, 0.1) is 0 Å². The Kier molecular flexibility index (Phi) is 5.54. The van der Waals surface area contributed by atoms with Crippen molar-refractivity contribution in [2.45, 2.75) is 0 Å². The first-order chi connectivity index (χ1) is 7.36. The molecule has 2 rings (SSSR count). The number of aliphatic imine (C=N–C) groups is 1. The van der Waals surface area contributed by atoms with E-state index < -0.39 is 0 Å². The van der Waals surface area contributed by atoms with Crippen LogP contribution in [-0.4, -0.2) is 37.2 Å². The van der Waals surface area contributed by atoms with Crippen molar-refractivity contribution >= 4 is 35.6 Å². The fourth-order valence-corrected chi connectivity index (χ4v) is 1.50. The van der Waals surface area contributed by atoms with Gasteiger partial charge in [0.05, 0.1) is 18.9 Å². The van der Waals surface area contributed by atoms with Crippen LogP contribution in [0.2, 0.25) is 0 Å². The fourth-order valence-electron chi connectivity index (χ4n) is 1.50. The summed E-state index contributed by atoms with van der Waals surface area (Å²) in [6, 6.07) is 9.74. The van der Waals surface area contributed by atoms with Crippen molar-refractivity contribution in [2.24, 2.45) is 10.7 Å². The van der Waals surface area contributed by atoms with Gasteiger partial charge >= 0.3 is 0 Å². The highest BCUT2D eigenvalue weighted by atomic mass is 127. The van der Waals surface area contributed by atoms with Crippen molar-refractivity contribution in [3.63, 3.8) is 0 Å². The Bertz CT molecular complexity index is 336. The number of para-hydroxylation sites is 1. The number of hydrogen-bond donors (Lipinski definition) is 1. The lowest BCUT2D eigenvalue weighted by Crippen LogP contribution is -2.44. The zero-order valence-electron chi connectivity index (χ0n) is 9.00. The molecular weight excluding hydrogens is 317 g/mol. The van der Waals surface area contributed by atoms with Gasteiger partial charge in [0, 0.05) is 13.1 Å². The van der Waals surface area contributed by atoms with Gasteiger partial charge in [-0.05, 0) is 12.1 Å². The molecule has 0 atom stereocenters. The Labute approximate surface area is 113 Å². The Morgan fingerprint density at radius 2 is 1.81 bits per heavy atom. The van der Waals surface area contributed by atoms with Crippen LogP contribution in [0.5, 0.6) is 0 Å². The average molecular weight is 333 g/mol. The van der Waals surface area contributed by atoms with E-state index in [1.165, 1.54) is 0 Å². The van der Waals surface area contributed by atoms with Gasteiger partial charge < -0.3 is 15.4 Å². The maximum atomic E-state index is 5.90. The third kappa shape index (κ3) is 3.64. The topological polar surface area (TPSA) is 50.8 Å². The number of halogens is 1. The second-order valence-electron chi connectivity index (χ2n) is 3.40. The van der Waals surface area contributed by atoms with Crippen LogP contribution in [0.15, 0.2) is 35.3 Å². The molecule has 16 heavy (non-hydrogen) atoms. The van der Waals surface area contributed by atoms with Crippen molar-refractivity contribution in [3.05, 3.63) is 30.3 Å². The lowest BCUT2D eigenvalue weighted by molar-refractivity contribution is 0.0675. The van der Waals surface area contributed by atoms with Gasteiger partial charge in [-0.2, -0.15) is 0 Å². The van der Waals surface area contributed by atoms with E-state index in [0.717, 1.165) is 32.0 Å². The normalized spacial score (nSPS) is 16.8. The molecule has 1 aliphatic heterocycles. The average Bonchev–Trinajstić information content (AvgIpc) is 2.31. The molecular formula is C11H16IN3O. The van der Waals surface area contributed by atoms with Crippen molar-refractivity contribution in [2.75, 3.05) is 26.3 Å². The molecule has 1 aromatic rings. The van der Waals surface area contributed by atoms with Crippen molar-refractivity contribution in [3.8, 4) is 0 Å². The van der Waals surface area contributed by atoms with Crippen LogP contribution in [0.25, 0.3) is 0 Å². The predicted octanol–water partition coefficient (Wildman–Crippen LogP) is 1.58. The molecule has 1 aromatic carbocycles. The Morgan fingerprint density at radius 3 is 2.44 bits per heavy atom. The number of guanidine groups is 1. The molecule has 1 fully saturated rings. The molecule has 4 nitrogen and oxygen atoms in total. The molecule has 0 bridgehead atoms. The zero-order valence-corrected chi connectivity index (χ0v) is 11.3. The number of rotatable bonds is 1. The van der Waals surface area contributed by atoms with Crippen LogP contribution >= 0.6 is 24.0 Å². The Balaban J connectivity index is 0.00000128. The minimum atomic E-state index is 0. The summed E-state index contributed by atoms with van der Waals surface area (Å²) in [4.78, 5) is 6.39. The summed E-state index contributed by atoms with van der Waals surface area (Å²) in [6.45, 7) is 3.10. The Hall–Kier alpha value is -0.820. The van der Waals surface area contributed by atoms with E-state index in [-0.39, 0.29) is 24.0 Å². The zero-order chi connectivity index (χ0) is 10.5. The summed E-state index contributed by atoms with van der Waals surface area (Å²) >= 11 is 0. The molecule has 0 radical (unpaired) electrons. The van der Waals surface area contributed by atoms with Crippen molar-refractivity contribution < 1.29 is 4.74 Å². The molecule has 0 spiro atoms. The van der Waals surface area contributed by atoms with Crippen LogP contribution in [0.3, 0.4) is 0 Å². The molecule has 1 aliphatic rings. The highest BCUT2D eigenvalue weighted by Crippen LogP contribution is 2.10. The van der Waals surface area contributed by atoms with Gasteiger partial charge in [0.25, 0.3) is 0 Å². The van der Waals surface area contributed by atoms with E-state index in [9.17, 15) is 0 Å². The SMILES string of the molecule is I.NC(=Nc1ccccc1)N1CCOCC1. The van der Waals surface area contributed by atoms with E-state index >= 15 is 0 Å². The number of ether oxygens (including phenoxy) is 1. The third-order valence-corrected chi connectivity index (χ3v) is 2.33. The third-order valence-electron chi connectivity index (χ3n) is 2.33. The molecule has 0 saturated carbocycles. The summed E-state index contributed by atoms with van der Waals surface area (Å²) in [5, 5.41) is 0. The lowest BCUT2D eigenvalue weighted by Gasteiger charge is -2.27. The Morgan fingerprint density at radius 1 is 1.19 bits per heavy atom. The van der Waals surface area contributed by atoms with Crippen molar-refractivity contribution in [1.29, 1.82) is 0 Å². The summed E-state index contributed by atoms with van der Waals surface area (Å²) in [7, 11) is 0. The van der Waals surface area contributed by atoms with Gasteiger partial charge in [-0.3, -0.25) is 0 Å². The van der Waals surface area contributed by atoms with Gasteiger partial charge in [0.2, 0.25) is 0 Å². The summed E-state index contributed by atoms with van der Waals surface area (Å²) < 4.78 is 5.25. The van der Waals surface area contributed by atoms with Crippen LogP contribution in [0.4, 0.5) is 5.69 Å². The predicted molar refractivity (Wildman–Crippen MR) is 75.5 cm³/mol. The maximum absolute atomic E-state index is 5.90. The van der Waals surface area contributed by atoms with E-state index in [0.29, 0.717) is 5.96 Å². The van der Waals surface area contributed by atoms with E-state index in [2.05, 4.69) is 4.99 Å². The molecule has 0 amide bonds. The second-order valence-corrected chi connectivity index (χ2v) is 3.40. The van der Waals surface area contributed by atoms with Gasteiger partial charge in [-0.15, -0.1) is 24.0 Å². The van der Waals surface area contributed by atoms with Crippen LogP contribution in [-0.2, 0) is 4.74 Å². The molecule has 0 aliphatic carbocycles. The van der Waals surface area contributed by atoms with Crippen LogP contribution in [0.1, 0.15) is 0 Å². The summed E-state index contributed by atoms with van der Waals surface area (Å²) in [5.74, 6) is 0.574. The smallest absolute Gasteiger partial charge is 0.196 e. The van der Waals surface area contributed by atoms with Crippen LogP contribution < -0.4 is 5.73 Å². The molecule has 5 heteroatoms. The molecule has 88 valence electrons. The van der Waals surface area contributed by atoms with E-state index in [1.807, 2.05) is 35.2 Å². The number of benzene rings is 1. The molecule has 2 N–H and O–H groups in total. The first-order valence-electron chi connectivity index (χ1n) is 5.08. The first-order valence-corrected chi connectivity index (χ1v) is 5.08. The number of nitrogens with two attached hydrogens (primary N) is 1. The second kappa shape index (κ2) is 6.70. The minimum absolute atomic E-state index is 0. The number of hydrogen-bond acceptors (Lipinski definition) is 2. The first kappa shape index (κ1) is 13.2. The molecule has 0 aromatic heterocycles. The highest BCUT2D eigenvalue weighted by molar-refractivity contribution is 14.0. The van der Waals surface area contributed by atoms with Crippen molar-refractivity contribution in [1.82, 2.24) is 4.90 Å². The number of nitrogens with zero attached hydrogens (tertiary/aromatic N) is 2. The van der Waals surface area contributed by atoms with Gasteiger partial charge in [-0.25, -0.2) is 4.99 Å². The highest BCUT2D eigenvalue weighted by Gasteiger charge is 2.11. The standard InChI is InChI=1S/C11H15N3O.HI/c12-11(14-6-8-15-9-7-14)13-10-4-2-1-3-5-10;/h1-5H,6-9H2,(H2,12,13);1H. The maximum Gasteiger partial charge on any atom is 0.196 e. The number of morpholine rings is 1. The largest absolute Gasteiger partial charge is 0.378 e. The quantitative estimate of drug-likeness (QED) is 0.482. The molecule has 0 unspecified atom stereocenters. The summed E-state index contributed by atoms with van der Waals surface area (Å²) in [6.07, 6.45) is 0.